The predicted octanol–water partition coefficient (Wildman–Crippen LogP) is 1.85. The van der Waals surface area contributed by atoms with Gasteiger partial charge in [0.25, 0.3) is 0 Å². The summed E-state index contributed by atoms with van der Waals surface area (Å²) in [6.07, 6.45) is 0. The van der Waals surface area contributed by atoms with Crippen LogP contribution in [0.4, 0.5) is 17.6 Å². The number of benzene rings is 1. The van der Waals surface area contributed by atoms with Gasteiger partial charge in [-0.05, 0) is 29.5 Å². The average molecular weight is 333 g/mol. The third-order valence-corrected chi connectivity index (χ3v) is 4.34. The van der Waals surface area contributed by atoms with E-state index in [1.54, 1.807) is 0 Å². The number of thioether (sulfide) groups is 1. The molecule has 0 unspecified atom stereocenters. The molecule has 114 valence electrons. The van der Waals surface area contributed by atoms with E-state index in [1.165, 1.54) is 6.07 Å². The predicted molar refractivity (Wildman–Crippen MR) is 66.0 cm³/mol. The van der Waals surface area contributed by atoms with E-state index in [1.807, 2.05) is 4.72 Å². The van der Waals surface area contributed by atoms with Crippen molar-refractivity contribution in [2.24, 2.45) is 0 Å². The molecule has 0 saturated carbocycles. The second-order valence-corrected chi connectivity index (χ2v) is 6.51. The van der Waals surface area contributed by atoms with Crippen LogP contribution in [-0.4, -0.2) is 31.3 Å². The second-order valence-electron chi connectivity index (χ2n) is 3.61. The smallest absolute Gasteiger partial charge is 0.392 e. The summed E-state index contributed by atoms with van der Waals surface area (Å²) in [6.45, 7) is -0.970. The van der Waals surface area contributed by atoms with Crippen LogP contribution in [0.15, 0.2) is 23.1 Å². The molecule has 4 nitrogen and oxygen atoms in total. The summed E-state index contributed by atoms with van der Waals surface area (Å²) in [4.78, 5) is -0.707. The zero-order chi connectivity index (χ0) is 15.4. The highest BCUT2D eigenvalue weighted by atomic mass is 32.2. The number of sulfonamides is 1. The van der Waals surface area contributed by atoms with Gasteiger partial charge in [-0.3, -0.25) is 0 Å². The third-order valence-electron chi connectivity index (χ3n) is 2.13. The van der Waals surface area contributed by atoms with Crippen molar-refractivity contribution in [1.82, 2.24) is 4.72 Å². The molecule has 20 heavy (non-hydrogen) atoms. The highest BCUT2D eigenvalue weighted by Crippen LogP contribution is 2.29. The molecule has 0 saturated heterocycles. The molecule has 1 aromatic carbocycles. The molecule has 1 aromatic rings. The van der Waals surface area contributed by atoms with Crippen molar-refractivity contribution in [3.63, 3.8) is 0 Å². The first-order valence-corrected chi connectivity index (χ1v) is 7.72. The van der Waals surface area contributed by atoms with Gasteiger partial charge < -0.3 is 5.11 Å². The number of hydrogen-bond acceptors (Lipinski definition) is 4. The van der Waals surface area contributed by atoms with Crippen LogP contribution in [0.1, 0.15) is 5.56 Å². The number of alkyl halides is 3. The monoisotopic (exact) mass is 333 g/mol. The highest BCUT2D eigenvalue weighted by molar-refractivity contribution is 8.00. The van der Waals surface area contributed by atoms with Crippen molar-refractivity contribution in [2.45, 2.75) is 17.0 Å². The van der Waals surface area contributed by atoms with Crippen molar-refractivity contribution in [1.29, 1.82) is 0 Å². The Morgan fingerprint density at radius 3 is 2.50 bits per heavy atom. The minimum Gasteiger partial charge on any atom is -0.392 e. The molecule has 0 aliphatic carbocycles. The van der Waals surface area contributed by atoms with Crippen molar-refractivity contribution in [3.8, 4) is 0 Å². The van der Waals surface area contributed by atoms with E-state index in [9.17, 15) is 26.0 Å². The summed E-state index contributed by atoms with van der Waals surface area (Å²) in [7, 11) is -4.26. The lowest BCUT2D eigenvalue weighted by atomic mass is 10.2. The number of aliphatic hydroxyl groups excluding tert-OH is 1. The Kier molecular flexibility index (Phi) is 5.80. The third kappa shape index (κ3) is 5.27. The van der Waals surface area contributed by atoms with Crippen molar-refractivity contribution in [3.05, 3.63) is 29.6 Å². The molecular formula is C10H11F4NO3S2. The van der Waals surface area contributed by atoms with Crippen LogP contribution in [0.3, 0.4) is 0 Å². The fraction of sp³-hybridized carbons (Fsp3) is 0.400. The van der Waals surface area contributed by atoms with Crippen molar-refractivity contribution in [2.75, 3.05) is 12.3 Å². The Labute approximate surface area is 117 Å². The fourth-order valence-electron chi connectivity index (χ4n) is 1.27. The largest absolute Gasteiger partial charge is 0.441 e. The Balaban J connectivity index is 2.74. The molecule has 2 N–H and O–H groups in total. The van der Waals surface area contributed by atoms with E-state index in [0.29, 0.717) is 0 Å². The topological polar surface area (TPSA) is 66.4 Å². The van der Waals surface area contributed by atoms with Gasteiger partial charge in [-0.1, -0.05) is 6.07 Å². The van der Waals surface area contributed by atoms with Crippen LogP contribution in [0.25, 0.3) is 0 Å². The molecule has 0 spiro atoms. The molecule has 0 aliphatic rings. The Hall–Kier alpha value is -0.840. The zero-order valence-corrected chi connectivity index (χ0v) is 11.6. The van der Waals surface area contributed by atoms with Gasteiger partial charge in [-0.25, -0.2) is 17.5 Å². The van der Waals surface area contributed by atoms with Crippen LogP contribution < -0.4 is 4.72 Å². The van der Waals surface area contributed by atoms with Gasteiger partial charge >= 0.3 is 5.51 Å². The lowest BCUT2D eigenvalue weighted by Gasteiger charge is -2.09. The van der Waals surface area contributed by atoms with E-state index < -0.39 is 45.1 Å². The fourth-order valence-corrected chi connectivity index (χ4v) is 2.99. The second kappa shape index (κ2) is 6.74. The first-order chi connectivity index (χ1) is 9.15. The number of halogens is 4. The van der Waals surface area contributed by atoms with Crippen LogP contribution >= 0.6 is 11.8 Å². The first-order valence-electron chi connectivity index (χ1n) is 5.25. The molecule has 0 radical (unpaired) electrons. The summed E-state index contributed by atoms with van der Waals surface area (Å²) in [5.74, 6) is -1.57. The van der Waals surface area contributed by atoms with Gasteiger partial charge in [0.2, 0.25) is 10.0 Å². The van der Waals surface area contributed by atoms with Gasteiger partial charge in [0, 0.05) is 12.3 Å². The Morgan fingerprint density at radius 1 is 1.30 bits per heavy atom. The van der Waals surface area contributed by atoms with Crippen molar-refractivity contribution < 1.29 is 31.1 Å². The number of rotatable bonds is 6. The van der Waals surface area contributed by atoms with Crippen LogP contribution in [0, 0.1) is 5.82 Å². The van der Waals surface area contributed by atoms with Gasteiger partial charge in [0.05, 0.1) is 6.61 Å². The van der Waals surface area contributed by atoms with E-state index in [-0.39, 0.29) is 17.3 Å². The molecule has 0 amide bonds. The summed E-state index contributed by atoms with van der Waals surface area (Å²) in [5, 5.41) is 8.86. The van der Waals surface area contributed by atoms with E-state index in [4.69, 9.17) is 5.11 Å². The van der Waals surface area contributed by atoms with Crippen LogP contribution in [0.2, 0.25) is 0 Å². The molecule has 0 heterocycles. The molecule has 0 aliphatic heterocycles. The van der Waals surface area contributed by atoms with E-state index >= 15 is 0 Å². The summed E-state index contributed by atoms with van der Waals surface area (Å²) in [6, 6.07) is 2.99. The van der Waals surface area contributed by atoms with Gasteiger partial charge in [0.1, 0.15) is 10.7 Å². The number of hydrogen-bond donors (Lipinski definition) is 2. The molecular weight excluding hydrogens is 322 g/mol. The summed E-state index contributed by atoms with van der Waals surface area (Å²) in [5.41, 5.74) is -4.27. The van der Waals surface area contributed by atoms with Crippen LogP contribution in [0.5, 0.6) is 0 Å². The van der Waals surface area contributed by atoms with Gasteiger partial charge in [-0.2, -0.15) is 13.2 Å². The quantitative estimate of drug-likeness (QED) is 0.616. The first kappa shape index (κ1) is 17.2. The lowest BCUT2D eigenvalue weighted by molar-refractivity contribution is -0.0327. The highest BCUT2D eigenvalue weighted by Gasteiger charge is 2.28. The Morgan fingerprint density at radius 2 is 1.95 bits per heavy atom. The van der Waals surface area contributed by atoms with Gasteiger partial charge in [-0.15, -0.1) is 0 Å². The number of nitrogens with one attached hydrogen (secondary N) is 1. The SMILES string of the molecule is O=S(=O)(NCCSC(F)(F)F)c1cc(CO)ccc1F. The molecule has 0 fully saturated rings. The summed E-state index contributed by atoms with van der Waals surface area (Å²) >= 11 is -0.379. The maximum Gasteiger partial charge on any atom is 0.441 e. The van der Waals surface area contributed by atoms with Crippen LogP contribution in [-0.2, 0) is 16.6 Å². The molecule has 1 rings (SSSR count). The van der Waals surface area contributed by atoms with Crippen molar-refractivity contribution >= 4 is 21.8 Å². The molecule has 0 aromatic heterocycles. The van der Waals surface area contributed by atoms with E-state index in [0.717, 1.165) is 12.1 Å². The standard InChI is InChI=1S/C10H11F4NO3S2/c11-8-2-1-7(6-16)5-9(8)20(17,18)15-3-4-19-10(12,13)14/h1-2,5,15-16H,3-4,6H2. The molecule has 0 bridgehead atoms. The maximum atomic E-state index is 13.4. The maximum absolute atomic E-state index is 13.4. The summed E-state index contributed by atoms with van der Waals surface area (Å²) < 4.78 is 74.3. The van der Waals surface area contributed by atoms with E-state index in [2.05, 4.69) is 0 Å². The number of aliphatic hydroxyl groups is 1. The zero-order valence-electron chi connectivity index (χ0n) is 9.95. The normalized spacial score (nSPS) is 12.7. The minimum absolute atomic E-state index is 0.177. The molecule has 0 atom stereocenters. The molecule has 10 heteroatoms. The minimum atomic E-state index is -4.45. The lowest BCUT2D eigenvalue weighted by Crippen LogP contribution is -2.27. The van der Waals surface area contributed by atoms with Gasteiger partial charge in [0.15, 0.2) is 0 Å². The Bertz CT molecular complexity index is 560. The average Bonchev–Trinajstić information content (AvgIpc) is 2.34.